The van der Waals surface area contributed by atoms with Crippen molar-refractivity contribution in [2.24, 2.45) is 0 Å². The van der Waals surface area contributed by atoms with E-state index < -0.39 is 18.8 Å². The van der Waals surface area contributed by atoms with Crippen LogP contribution in [0.5, 0.6) is 5.75 Å². The Bertz CT molecular complexity index is 291. The highest BCUT2D eigenvalue weighted by Crippen LogP contribution is 2.27. The lowest BCUT2D eigenvalue weighted by Gasteiger charge is -2.07. The monoisotopic (exact) mass is 254 g/mol. The predicted octanol–water partition coefficient (Wildman–Crippen LogP) is 3.23. The van der Waals surface area contributed by atoms with Crippen LogP contribution < -0.4 is 4.74 Å². The second-order valence-electron chi connectivity index (χ2n) is 2.25. The van der Waals surface area contributed by atoms with Gasteiger partial charge in [-0.2, -0.15) is 0 Å². The lowest BCUT2D eigenvalue weighted by atomic mass is 10.3. The summed E-state index contributed by atoms with van der Waals surface area (Å²) in [6.45, 7) is -0.734. The fraction of sp³-hybridized carbons (Fsp3) is 0.250. The van der Waals surface area contributed by atoms with E-state index in [-0.39, 0.29) is 10.2 Å². The third kappa shape index (κ3) is 2.91. The summed E-state index contributed by atoms with van der Waals surface area (Å²) in [5.74, 6) is -0.452. The molecule has 0 bridgehead atoms. The Kier molecular flexibility index (Phi) is 3.59. The minimum absolute atomic E-state index is 0.0654. The largest absolute Gasteiger partial charge is 0.486 e. The van der Waals surface area contributed by atoms with Crippen molar-refractivity contribution >= 4 is 15.9 Å². The Labute approximate surface area is 81.6 Å². The lowest BCUT2D eigenvalue weighted by Crippen LogP contribution is -2.07. The molecule has 0 saturated heterocycles. The first-order chi connectivity index (χ1) is 6.11. The molecule has 0 aliphatic carbocycles. The van der Waals surface area contributed by atoms with Crippen LogP contribution in [0.3, 0.4) is 0 Å². The van der Waals surface area contributed by atoms with Crippen molar-refractivity contribution in [1.29, 1.82) is 0 Å². The van der Waals surface area contributed by atoms with Gasteiger partial charge in [0.2, 0.25) is 0 Å². The number of benzene rings is 1. The van der Waals surface area contributed by atoms with Crippen molar-refractivity contribution in [3.05, 3.63) is 28.5 Å². The van der Waals surface area contributed by atoms with Gasteiger partial charge in [-0.3, -0.25) is 0 Å². The lowest BCUT2D eigenvalue weighted by molar-refractivity contribution is 0.0813. The van der Waals surface area contributed by atoms with Crippen LogP contribution in [-0.2, 0) is 0 Å². The van der Waals surface area contributed by atoms with E-state index in [0.29, 0.717) is 0 Å². The SMILES string of the molecule is Fc1cccc(OCC(F)F)c1Br. The molecule has 0 heterocycles. The number of halogens is 4. The van der Waals surface area contributed by atoms with Gasteiger partial charge < -0.3 is 4.74 Å². The maximum atomic E-state index is 12.8. The fourth-order valence-electron chi connectivity index (χ4n) is 0.748. The molecule has 0 unspecified atom stereocenters. The van der Waals surface area contributed by atoms with Gasteiger partial charge in [-0.05, 0) is 28.1 Å². The van der Waals surface area contributed by atoms with Gasteiger partial charge in [-0.25, -0.2) is 13.2 Å². The van der Waals surface area contributed by atoms with E-state index in [0.717, 1.165) is 0 Å². The highest BCUT2D eigenvalue weighted by Gasteiger charge is 2.08. The van der Waals surface area contributed by atoms with E-state index in [1.54, 1.807) is 0 Å². The molecule has 0 saturated carbocycles. The summed E-state index contributed by atoms with van der Waals surface area (Å²) in [6.07, 6.45) is -2.56. The normalized spacial score (nSPS) is 10.5. The molecule has 0 N–H and O–H groups in total. The Morgan fingerprint density at radius 3 is 2.69 bits per heavy atom. The summed E-state index contributed by atoms with van der Waals surface area (Å²) < 4.78 is 40.9. The van der Waals surface area contributed by atoms with E-state index in [9.17, 15) is 13.2 Å². The molecule has 0 aliphatic rings. The Balaban J connectivity index is 2.71. The highest BCUT2D eigenvalue weighted by molar-refractivity contribution is 9.10. The zero-order valence-electron chi connectivity index (χ0n) is 6.44. The molecule has 1 aromatic rings. The molecule has 0 aliphatic heterocycles. The topological polar surface area (TPSA) is 9.23 Å². The molecule has 0 spiro atoms. The maximum absolute atomic E-state index is 12.8. The summed E-state index contributed by atoms with van der Waals surface area (Å²) in [5.41, 5.74) is 0. The quantitative estimate of drug-likeness (QED) is 0.805. The van der Waals surface area contributed by atoms with Crippen LogP contribution in [0.4, 0.5) is 13.2 Å². The van der Waals surface area contributed by atoms with Gasteiger partial charge in [-0.15, -0.1) is 0 Å². The van der Waals surface area contributed by atoms with Gasteiger partial charge in [0.05, 0.1) is 4.47 Å². The van der Waals surface area contributed by atoms with Gasteiger partial charge in [0.25, 0.3) is 6.43 Å². The van der Waals surface area contributed by atoms with Crippen LogP contribution >= 0.6 is 15.9 Å². The van der Waals surface area contributed by atoms with Gasteiger partial charge in [0, 0.05) is 0 Å². The molecule has 1 rings (SSSR count). The zero-order valence-corrected chi connectivity index (χ0v) is 8.02. The average molecular weight is 255 g/mol. The smallest absolute Gasteiger partial charge is 0.272 e. The van der Waals surface area contributed by atoms with Gasteiger partial charge in [0.1, 0.15) is 18.2 Å². The number of alkyl halides is 2. The molecule has 1 nitrogen and oxygen atoms in total. The Hall–Kier alpha value is -0.710. The first kappa shape index (κ1) is 10.4. The molecule has 13 heavy (non-hydrogen) atoms. The van der Waals surface area contributed by atoms with Crippen LogP contribution in [-0.4, -0.2) is 13.0 Å². The second-order valence-corrected chi connectivity index (χ2v) is 3.05. The van der Waals surface area contributed by atoms with Crippen molar-refractivity contribution in [2.45, 2.75) is 6.43 Å². The van der Waals surface area contributed by atoms with E-state index in [4.69, 9.17) is 0 Å². The number of hydrogen-bond acceptors (Lipinski definition) is 1. The van der Waals surface area contributed by atoms with Crippen LogP contribution in [0.25, 0.3) is 0 Å². The summed E-state index contributed by atoms with van der Waals surface area (Å²) in [7, 11) is 0. The van der Waals surface area contributed by atoms with Crippen molar-refractivity contribution < 1.29 is 17.9 Å². The van der Waals surface area contributed by atoms with Crippen LogP contribution in [0.15, 0.2) is 22.7 Å². The summed E-state index contributed by atoms with van der Waals surface area (Å²) in [4.78, 5) is 0. The molecule has 0 fully saturated rings. The van der Waals surface area contributed by atoms with E-state index >= 15 is 0 Å². The van der Waals surface area contributed by atoms with Crippen molar-refractivity contribution in [3.8, 4) is 5.75 Å². The first-order valence-corrected chi connectivity index (χ1v) is 4.25. The fourth-order valence-corrected chi connectivity index (χ4v) is 1.13. The molecule has 72 valence electrons. The first-order valence-electron chi connectivity index (χ1n) is 3.46. The molecule has 0 aromatic heterocycles. The van der Waals surface area contributed by atoms with Crippen molar-refractivity contribution in [1.82, 2.24) is 0 Å². The maximum Gasteiger partial charge on any atom is 0.272 e. The zero-order chi connectivity index (χ0) is 9.84. The van der Waals surface area contributed by atoms with Crippen LogP contribution in [0.2, 0.25) is 0 Å². The Morgan fingerprint density at radius 1 is 1.38 bits per heavy atom. The van der Waals surface area contributed by atoms with Crippen molar-refractivity contribution in [2.75, 3.05) is 6.61 Å². The third-order valence-corrected chi connectivity index (χ3v) is 2.05. The van der Waals surface area contributed by atoms with Crippen LogP contribution in [0, 0.1) is 5.82 Å². The molecule has 1 aromatic carbocycles. The van der Waals surface area contributed by atoms with Gasteiger partial charge in [-0.1, -0.05) is 6.07 Å². The van der Waals surface area contributed by atoms with E-state index in [1.165, 1.54) is 18.2 Å². The number of ether oxygens (including phenoxy) is 1. The number of hydrogen-bond donors (Lipinski definition) is 0. The molecule has 5 heteroatoms. The summed E-state index contributed by atoms with van der Waals surface area (Å²) in [5, 5.41) is 0. The van der Waals surface area contributed by atoms with Gasteiger partial charge >= 0.3 is 0 Å². The third-order valence-electron chi connectivity index (χ3n) is 1.28. The minimum Gasteiger partial charge on any atom is -0.486 e. The molecule has 0 atom stereocenters. The summed E-state index contributed by atoms with van der Waals surface area (Å²) in [6, 6.07) is 4.01. The summed E-state index contributed by atoms with van der Waals surface area (Å²) >= 11 is 2.89. The molecule has 0 amide bonds. The van der Waals surface area contributed by atoms with Crippen molar-refractivity contribution in [3.63, 3.8) is 0 Å². The van der Waals surface area contributed by atoms with E-state index in [2.05, 4.69) is 20.7 Å². The van der Waals surface area contributed by atoms with Crippen LogP contribution in [0.1, 0.15) is 0 Å². The minimum atomic E-state index is -2.56. The van der Waals surface area contributed by atoms with E-state index in [1.807, 2.05) is 0 Å². The molecular weight excluding hydrogens is 249 g/mol. The highest BCUT2D eigenvalue weighted by atomic mass is 79.9. The number of rotatable bonds is 3. The Morgan fingerprint density at radius 2 is 2.08 bits per heavy atom. The standard InChI is InChI=1S/C8H6BrF3O/c9-8-5(10)2-1-3-6(8)13-4-7(11)12/h1-3,7H,4H2. The second kappa shape index (κ2) is 4.50. The average Bonchev–Trinajstić information content (AvgIpc) is 2.07. The van der Waals surface area contributed by atoms with Gasteiger partial charge in [0.15, 0.2) is 0 Å². The molecule has 0 radical (unpaired) electrons. The predicted molar refractivity (Wildman–Crippen MR) is 45.6 cm³/mol. The molecular formula is C8H6BrF3O.